The number of rotatable bonds is 3. The topological polar surface area (TPSA) is 60.0 Å². The van der Waals surface area contributed by atoms with Gasteiger partial charge in [-0.3, -0.25) is 5.01 Å². The molecule has 6 nitrogen and oxygen atoms in total. The van der Waals surface area contributed by atoms with Gasteiger partial charge in [-0.05, 0) is 12.2 Å². The maximum absolute atomic E-state index is 11.6. The molecule has 6 heteroatoms. The molecule has 3 rings (SSSR count). The average molecular weight is 278 g/mol. The molecule has 0 amide bonds. The van der Waals surface area contributed by atoms with E-state index in [0.717, 1.165) is 37.5 Å². The Bertz CT molecular complexity index is 489. The fourth-order valence-electron chi connectivity index (χ4n) is 2.47. The van der Waals surface area contributed by atoms with E-state index >= 15 is 0 Å². The number of ether oxygens (including phenoxy) is 3. The van der Waals surface area contributed by atoms with Gasteiger partial charge in [-0.15, -0.1) is 0 Å². The van der Waals surface area contributed by atoms with E-state index in [1.165, 1.54) is 7.11 Å². The van der Waals surface area contributed by atoms with Crippen LogP contribution in [0, 0.1) is 0 Å². The number of carbonyl (C=O) groups is 1. The SMILES string of the molecule is COC(=O)C1=C2C=CC(OC3CCOCC3)=CN2NC1. The van der Waals surface area contributed by atoms with E-state index in [0.29, 0.717) is 12.1 Å². The van der Waals surface area contributed by atoms with Gasteiger partial charge >= 0.3 is 5.97 Å². The van der Waals surface area contributed by atoms with E-state index in [9.17, 15) is 4.79 Å². The molecule has 0 aromatic heterocycles. The molecule has 0 unspecified atom stereocenters. The highest BCUT2D eigenvalue weighted by atomic mass is 16.5. The monoisotopic (exact) mass is 278 g/mol. The Morgan fingerprint density at radius 1 is 1.40 bits per heavy atom. The van der Waals surface area contributed by atoms with Gasteiger partial charge in [0.15, 0.2) is 0 Å². The van der Waals surface area contributed by atoms with Crippen molar-refractivity contribution in [1.82, 2.24) is 10.4 Å². The molecule has 0 radical (unpaired) electrons. The van der Waals surface area contributed by atoms with Gasteiger partial charge in [0.05, 0.1) is 37.8 Å². The zero-order valence-electron chi connectivity index (χ0n) is 11.4. The average Bonchev–Trinajstić information content (AvgIpc) is 2.90. The number of nitrogens with zero attached hydrogens (tertiary/aromatic N) is 1. The minimum absolute atomic E-state index is 0.202. The number of esters is 1. The van der Waals surface area contributed by atoms with Crippen LogP contribution in [0.1, 0.15) is 12.8 Å². The predicted octanol–water partition coefficient (Wildman–Crippen LogP) is 0.840. The molecule has 1 saturated heterocycles. The van der Waals surface area contributed by atoms with E-state index in [-0.39, 0.29) is 12.1 Å². The second-order valence-corrected chi connectivity index (χ2v) is 4.85. The predicted molar refractivity (Wildman–Crippen MR) is 71.0 cm³/mol. The second kappa shape index (κ2) is 5.68. The molecule has 3 heterocycles. The molecule has 108 valence electrons. The molecule has 0 aromatic carbocycles. The summed E-state index contributed by atoms with van der Waals surface area (Å²) in [7, 11) is 1.39. The molecule has 3 aliphatic heterocycles. The van der Waals surface area contributed by atoms with Crippen molar-refractivity contribution in [2.45, 2.75) is 18.9 Å². The Kier molecular flexibility index (Phi) is 3.75. The lowest BCUT2D eigenvalue weighted by atomic mass is 10.1. The Balaban J connectivity index is 1.69. The third-order valence-corrected chi connectivity index (χ3v) is 3.56. The van der Waals surface area contributed by atoms with Gasteiger partial charge in [0.1, 0.15) is 11.9 Å². The smallest absolute Gasteiger partial charge is 0.337 e. The quantitative estimate of drug-likeness (QED) is 0.772. The molecule has 0 aromatic rings. The molecule has 0 bridgehead atoms. The highest BCUT2D eigenvalue weighted by molar-refractivity contribution is 5.91. The first-order chi connectivity index (χ1) is 9.78. The number of methoxy groups -OCH3 is 1. The van der Waals surface area contributed by atoms with Crippen molar-refractivity contribution in [3.63, 3.8) is 0 Å². The third kappa shape index (κ3) is 2.57. The standard InChI is InChI=1S/C14H18N2O4/c1-18-14(17)12-8-15-16-9-11(2-3-13(12)16)20-10-4-6-19-7-5-10/h2-3,9-10,15H,4-8H2,1H3. The van der Waals surface area contributed by atoms with Crippen molar-refractivity contribution >= 4 is 5.97 Å². The number of allylic oxidation sites excluding steroid dienone is 2. The van der Waals surface area contributed by atoms with Crippen LogP contribution in [0.2, 0.25) is 0 Å². The number of hydrogen-bond donors (Lipinski definition) is 1. The Labute approximate surface area is 117 Å². The van der Waals surface area contributed by atoms with Crippen molar-refractivity contribution < 1.29 is 19.0 Å². The molecule has 0 saturated carbocycles. The van der Waals surface area contributed by atoms with Crippen molar-refractivity contribution in [3.8, 4) is 0 Å². The first-order valence-electron chi connectivity index (χ1n) is 6.76. The zero-order valence-corrected chi connectivity index (χ0v) is 11.4. The van der Waals surface area contributed by atoms with E-state index in [1.54, 1.807) is 5.01 Å². The van der Waals surface area contributed by atoms with Crippen LogP contribution in [0.15, 0.2) is 35.4 Å². The van der Waals surface area contributed by atoms with E-state index in [4.69, 9.17) is 14.2 Å². The summed E-state index contributed by atoms with van der Waals surface area (Å²) in [5, 5.41) is 1.81. The molecule has 20 heavy (non-hydrogen) atoms. The van der Waals surface area contributed by atoms with Gasteiger partial charge in [-0.2, -0.15) is 0 Å². The third-order valence-electron chi connectivity index (χ3n) is 3.56. The lowest BCUT2D eigenvalue weighted by Crippen LogP contribution is -2.29. The number of hydrogen-bond acceptors (Lipinski definition) is 6. The molecule has 0 spiro atoms. The van der Waals surface area contributed by atoms with Crippen LogP contribution in [0.5, 0.6) is 0 Å². The molecule has 1 N–H and O–H groups in total. The number of nitrogens with one attached hydrogen (secondary N) is 1. The fraction of sp³-hybridized carbons (Fsp3) is 0.500. The molecular formula is C14H18N2O4. The molecule has 0 aliphatic carbocycles. The summed E-state index contributed by atoms with van der Waals surface area (Å²) in [4.78, 5) is 11.6. The van der Waals surface area contributed by atoms with Crippen LogP contribution >= 0.6 is 0 Å². The van der Waals surface area contributed by atoms with E-state index in [2.05, 4.69) is 5.43 Å². The number of hydrazine groups is 1. The van der Waals surface area contributed by atoms with Gasteiger partial charge in [0.25, 0.3) is 0 Å². The van der Waals surface area contributed by atoms with Gasteiger partial charge in [0, 0.05) is 19.4 Å². The first-order valence-corrected chi connectivity index (χ1v) is 6.76. The van der Waals surface area contributed by atoms with Gasteiger partial charge in [-0.25, -0.2) is 10.2 Å². The normalized spacial score (nSPS) is 22.6. The minimum atomic E-state index is -0.304. The van der Waals surface area contributed by atoms with Crippen molar-refractivity contribution in [3.05, 3.63) is 35.4 Å². The summed E-state index contributed by atoms with van der Waals surface area (Å²) < 4.78 is 16.0. The fourth-order valence-corrected chi connectivity index (χ4v) is 2.47. The van der Waals surface area contributed by atoms with Crippen LogP contribution in [0.25, 0.3) is 0 Å². The summed E-state index contributed by atoms with van der Waals surface area (Å²) in [6.45, 7) is 1.97. The zero-order chi connectivity index (χ0) is 13.9. The Hall–Kier alpha value is -1.79. The second-order valence-electron chi connectivity index (χ2n) is 4.85. The maximum atomic E-state index is 11.6. The van der Waals surface area contributed by atoms with Gasteiger partial charge in [-0.1, -0.05) is 0 Å². The van der Waals surface area contributed by atoms with Gasteiger partial charge < -0.3 is 14.2 Å². The van der Waals surface area contributed by atoms with Gasteiger partial charge in [0.2, 0.25) is 0 Å². The summed E-state index contributed by atoms with van der Waals surface area (Å²) in [6.07, 6.45) is 7.65. The van der Waals surface area contributed by atoms with Crippen molar-refractivity contribution in [2.75, 3.05) is 26.9 Å². The summed E-state index contributed by atoms with van der Waals surface area (Å²) in [5.74, 6) is 0.487. The Morgan fingerprint density at radius 2 is 2.20 bits per heavy atom. The molecule has 0 atom stereocenters. The summed E-state index contributed by atoms with van der Waals surface area (Å²) >= 11 is 0. The highest BCUT2D eigenvalue weighted by Crippen LogP contribution is 2.25. The van der Waals surface area contributed by atoms with Crippen molar-refractivity contribution in [2.24, 2.45) is 0 Å². The number of fused-ring (bicyclic) bond motifs is 1. The van der Waals surface area contributed by atoms with Crippen LogP contribution < -0.4 is 5.43 Å². The summed E-state index contributed by atoms with van der Waals surface area (Å²) in [5.41, 5.74) is 4.56. The van der Waals surface area contributed by atoms with Crippen LogP contribution in [0.4, 0.5) is 0 Å². The maximum Gasteiger partial charge on any atom is 0.337 e. The van der Waals surface area contributed by atoms with Crippen molar-refractivity contribution in [1.29, 1.82) is 0 Å². The Morgan fingerprint density at radius 3 is 2.95 bits per heavy atom. The van der Waals surface area contributed by atoms with E-state index in [1.807, 2.05) is 18.4 Å². The van der Waals surface area contributed by atoms with Crippen LogP contribution in [-0.2, 0) is 19.0 Å². The molecule has 1 fully saturated rings. The van der Waals surface area contributed by atoms with Crippen LogP contribution in [0.3, 0.4) is 0 Å². The lowest BCUT2D eigenvalue weighted by molar-refractivity contribution is -0.136. The van der Waals surface area contributed by atoms with E-state index < -0.39 is 0 Å². The largest absolute Gasteiger partial charge is 0.489 e. The summed E-state index contributed by atoms with van der Waals surface area (Å²) in [6, 6.07) is 0. The highest BCUT2D eigenvalue weighted by Gasteiger charge is 2.27. The van der Waals surface area contributed by atoms with Crippen LogP contribution in [-0.4, -0.2) is 44.0 Å². The molecular weight excluding hydrogens is 260 g/mol. The minimum Gasteiger partial charge on any atom is -0.489 e. The molecule has 3 aliphatic rings. The number of carbonyl (C=O) groups excluding carboxylic acids is 1. The lowest BCUT2D eigenvalue weighted by Gasteiger charge is -2.26. The first kappa shape index (κ1) is 13.2.